The first-order valence-electron chi connectivity index (χ1n) is 5.11. The molecule has 0 spiro atoms. The van der Waals surface area contributed by atoms with Crippen LogP contribution in [0.2, 0.25) is 5.02 Å². The fourth-order valence-electron chi connectivity index (χ4n) is 1.34. The van der Waals surface area contributed by atoms with Crippen molar-refractivity contribution in [3.05, 3.63) is 57.2 Å². The fourth-order valence-corrected chi connectivity index (χ4v) is 1.50. The summed E-state index contributed by atoms with van der Waals surface area (Å²) in [4.78, 5) is 13.8. The molecule has 92 valence electrons. The van der Waals surface area contributed by atoms with E-state index in [1.54, 1.807) is 12.1 Å². The number of ether oxygens (including phenoxy) is 1. The van der Waals surface area contributed by atoms with E-state index in [0.717, 1.165) is 11.8 Å². The molecule has 0 amide bonds. The first kappa shape index (κ1) is 12.3. The van der Waals surface area contributed by atoms with Crippen LogP contribution in [-0.4, -0.2) is 9.91 Å². The number of aromatic nitrogens is 1. The zero-order valence-corrected chi connectivity index (χ0v) is 10.2. The molecule has 0 aliphatic carbocycles. The molecule has 0 saturated heterocycles. The topological polar surface area (TPSA) is 65.3 Å². The predicted molar refractivity (Wildman–Crippen MR) is 67.2 cm³/mol. The van der Waals surface area contributed by atoms with Gasteiger partial charge in [-0.3, -0.25) is 10.1 Å². The largest absolute Gasteiger partial charge is 0.437 e. The van der Waals surface area contributed by atoms with Crippen LogP contribution in [0.25, 0.3) is 0 Å². The van der Waals surface area contributed by atoms with E-state index in [4.69, 9.17) is 16.3 Å². The lowest BCUT2D eigenvalue weighted by atomic mass is 10.2. The van der Waals surface area contributed by atoms with Crippen molar-refractivity contribution in [2.24, 2.45) is 0 Å². The molecule has 5 nitrogen and oxygen atoms in total. The van der Waals surface area contributed by atoms with Crippen LogP contribution in [0.15, 0.2) is 36.5 Å². The lowest BCUT2D eigenvalue weighted by molar-refractivity contribution is -0.385. The Kier molecular flexibility index (Phi) is 3.43. The molecule has 0 saturated carbocycles. The van der Waals surface area contributed by atoms with E-state index in [9.17, 15) is 10.1 Å². The van der Waals surface area contributed by atoms with E-state index in [1.165, 1.54) is 12.1 Å². The summed E-state index contributed by atoms with van der Waals surface area (Å²) in [5.41, 5.74) is 0.911. The monoisotopic (exact) mass is 264 g/mol. The molecule has 1 heterocycles. The fraction of sp³-hybridized carbons (Fsp3) is 0.0833. The Balaban J connectivity index is 2.23. The van der Waals surface area contributed by atoms with Crippen LogP contribution in [0, 0.1) is 17.0 Å². The highest BCUT2D eigenvalue weighted by Gasteiger charge is 2.08. The van der Waals surface area contributed by atoms with Crippen LogP contribution >= 0.6 is 11.6 Å². The second kappa shape index (κ2) is 5.01. The van der Waals surface area contributed by atoms with Gasteiger partial charge < -0.3 is 4.74 Å². The van der Waals surface area contributed by atoms with E-state index in [-0.39, 0.29) is 11.6 Å². The Labute approximate surface area is 108 Å². The Hall–Kier alpha value is -2.14. The maximum atomic E-state index is 10.5. The number of pyridine rings is 1. The Morgan fingerprint density at radius 1 is 1.33 bits per heavy atom. The third-order valence-corrected chi connectivity index (χ3v) is 2.55. The summed E-state index contributed by atoms with van der Waals surface area (Å²) in [6.45, 7) is 1.91. The molecular formula is C12H9ClN2O3. The van der Waals surface area contributed by atoms with Gasteiger partial charge in [0.05, 0.1) is 9.95 Å². The van der Waals surface area contributed by atoms with Crippen LogP contribution in [0.4, 0.5) is 5.69 Å². The van der Waals surface area contributed by atoms with Crippen molar-refractivity contribution in [2.75, 3.05) is 0 Å². The molecule has 0 atom stereocenters. The van der Waals surface area contributed by atoms with Gasteiger partial charge in [0.2, 0.25) is 5.88 Å². The zero-order valence-electron chi connectivity index (χ0n) is 9.46. The first-order chi connectivity index (χ1) is 8.56. The maximum absolute atomic E-state index is 10.5. The van der Waals surface area contributed by atoms with Gasteiger partial charge in [0, 0.05) is 12.1 Å². The van der Waals surface area contributed by atoms with E-state index < -0.39 is 4.92 Å². The highest BCUT2D eigenvalue weighted by atomic mass is 35.5. The lowest BCUT2D eigenvalue weighted by Crippen LogP contribution is -1.92. The van der Waals surface area contributed by atoms with E-state index in [1.807, 2.05) is 13.0 Å². The molecule has 0 fully saturated rings. The number of benzene rings is 1. The van der Waals surface area contributed by atoms with E-state index >= 15 is 0 Å². The molecule has 1 aromatic heterocycles. The third-order valence-electron chi connectivity index (χ3n) is 2.23. The van der Waals surface area contributed by atoms with Crippen LogP contribution in [0.3, 0.4) is 0 Å². The second-order valence-corrected chi connectivity index (χ2v) is 4.05. The van der Waals surface area contributed by atoms with Gasteiger partial charge in [-0.05, 0) is 24.6 Å². The summed E-state index contributed by atoms with van der Waals surface area (Å²) >= 11 is 5.97. The van der Waals surface area contributed by atoms with Gasteiger partial charge in [-0.1, -0.05) is 17.7 Å². The molecular weight excluding hydrogens is 256 g/mol. The van der Waals surface area contributed by atoms with Crippen molar-refractivity contribution < 1.29 is 9.66 Å². The van der Waals surface area contributed by atoms with Gasteiger partial charge in [-0.15, -0.1) is 0 Å². The van der Waals surface area contributed by atoms with Crippen LogP contribution in [0.5, 0.6) is 11.6 Å². The standard InChI is InChI=1S/C12H9ClN2O3/c1-8-2-4-10(13)11(6-8)18-12-5-3-9(7-14-12)15(16)17/h2-7H,1H3. The summed E-state index contributed by atoms with van der Waals surface area (Å²) in [5, 5.41) is 10.9. The first-order valence-corrected chi connectivity index (χ1v) is 5.48. The van der Waals surface area contributed by atoms with Crippen LogP contribution in [0.1, 0.15) is 5.56 Å². The molecule has 2 rings (SSSR count). The predicted octanol–water partition coefficient (Wildman–Crippen LogP) is 3.74. The molecule has 1 aromatic carbocycles. The highest BCUT2D eigenvalue weighted by molar-refractivity contribution is 6.32. The molecule has 0 unspecified atom stereocenters. The van der Waals surface area contributed by atoms with Crippen molar-refractivity contribution in [2.45, 2.75) is 6.92 Å². The Bertz CT molecular complexity index is 584. The number of rotatable bonds is 3. The van der Waals surface area contributed by atoms with Crippen molar-refractivity contribution in [1.82, 2.24) is 4.98 Å². The minimum absolute atomic E-state index is 0.0855. The highest BCUT2D eigenvalue weighted by Crippen LogP contribution is 2.29. The maximum Gasteiger partial charge on any atom is 0.287 e. The minimum atomic E-state index is -0.517. The molecule has 0 radical (unpaired) electrons. The quantitative estimate of drug-likeness (QED) is 0.626. The number of nitrogens with zero attached hydrogens (tertiary/aromatic N) is 2. The van der Waals surface area contributed by atoms with E-state index in [2.05, 4.69) is 4.98 Å². The molecule has 2 aromatic rings. The summed E-state index contributed by atoms with van der Waals surface area (Å²) in [7, 11) is 0. The van der Waals surface area contributed by atoms with Gasteiger partial charge in [0.15, 0.2) is 0 Å². The van der Waals surface area contributed by atoms with Gasteiger partial charge >= 0.3 is 0 Å². The van der Waals surface area contributed by atoms with Gasteiger partial charge in [-0.25, -0.2) is 4.98 Å². The molecule has 18 heavy (non-hydrogen) atoms. The Morgan fingerprint density at radius 2 is 2.11 bits per heavy atom. The van der Waals surface area contributed by atoms with Crippen molar-refractivity contribution in [3.63, 3.8) is 0 Å². The lowest BCUT2D eigenvalue weighted by Gasteiger charge is -2.06. The molecule has 6 heteroatoms. The van der Waals surface area contributed by atoms with Crippen molar-refractivity contribution in [1.29, 1.82) is 0 Å². The molecule has 0 aliphatic heterocycles. The number of nitro groups is 1. The van der Waals surface area contributed by atoms with Crippen LogP contribution < -0.4 is 4.74 Å². The summed E-state index contributed by atoms with van der Waals surface area (Å²) in [5.74, 6) is 0.728. The number of aryl methyl sites for hydroxylation is 1. The SMILES string of the molecule is Cc1ccc(Cl)c(Oc2ccc([N+](=O)[O-])cn2)c1. The summed E-state index contributed by atoms with van der Waals surface area (Å²) < 4.78 is 5.46. The Morgan fingerprint density at radius 3 is 2.72 bits per heavy atom. The average Bonchev–Trinajstić information content (AvgIpc) is 2.34. The number of hydrogen-bond donors (Lipinski definition) is 0. The molecule has 0 aliphatic rings. The van der Waals surface area contributed by atoms with Crippen molar-refractivity contribution in [3.8, 4) is 11.6 Å². The molecule has 0 N–H and O–H groups in total. The third kappa shape index (κ3) is 2.75. The van der Waals surface area contributed by atoms with Crippen molar-refractivity contribution >= 4 is 17.3 Å². The number of hydrogen-bond acceptors (Lipinski definition) is 4. The van der Waals surface area contributed by atoms with Gasteiger partial charge in [-0.2, -0.15) is 0 Å². The summed E-state index contributed by atoms with van der Waals surface area (Å²) in [6.07, 6.45) is 1.14. The van der Waals surface area contributed by atoms with Gasteiger partial charge in [0.25, 0.3) is 5.69 Å². The summed E-state index contributed by atoms with van der Waals surface area (Å²) in [6, 6.07) is 8.10. The average molecular weight is 265 g/mol. The van der Waals surface area contributed by atoms with Gasteiger partial charge in [0.1, 0.15) is 11.9 Å². The second-order valence-electron chi connectivity index (χ2n) is 3.65. The number of halogens is 1. The zero-order chi connectivity index (χ0) is 13.1. The smallest absolute Gasteiger partial charge is 0.287 e. The minimum Gasteiger partial charge on any atom is -0.437 e. The molecule has 0 bridgehead atoms. The van der Waals surface area contributed by atoms with Crippen LogP contribution in [-0.2, 0) is 0 Å². The van der Waals surface area contributed by atoms with E-state index in [0.29, 0.717) is 10.8 Å². The normalized spacial score (nSPS) is 10.1.